The molecule has 0 bridgehead atoms. The van der Waals surface area contributed by atoms with E-state index in [2.05, 4.69) is 25.6 Å². The molecule has 6 heteroatoms. The second kappa shape index (κ2) is 4.31. The standard InChI is InChI=1S/C15H14N6/c1-9-12-7-10(8-16-15(12)21(2)20-9)17-14-11-5-3-4-6-13(11)18-19-14/h3-8H,1-2H3,(H2,17,18,19). The summed E-state index contributed by atoms with van der Waals surface area (Å²) in [6.07, 6.45) is 1.80. The van der Waals surface area contributed by atoms with Gasteiger partial charge in [-0.2, -0.15) is 10.2 Å². The van der Waals surface area contributed by atoms with Crippen molar-refractivity contribution in [1.82, 2.24) is 25.0 Å². The Bertz CT molecular complexity index is 949. The quantitative estimate of drug-likeness (QED) is 0.591. The zero-order chi connectivity index (χ0) is 14.4. The number of pyridine rings is 1. The summed E-state index contributed by atoms with van der Waals surface area (Å²) < 4.78 is 1.79. The highest BCUT2D eigenvalue weighted by atomic mass is 15.3. The molecule has 0 saturated carbocycles. The van der Waals surface area contributed by atoms with Crippen LogP contribution in [-0.4, -0.2) is 25.0 Å². The molecule has 0 radical (unpaired) electrons. The van der Waals surface area contributed by atoms with Gasteiger partial charge in [-0.3, -0.25) is 9.78 Å². The van der Waals surface area contributed by atoms with Crippen LogP contribution in [0.4, 0.5) is 11.5 Å². The molecule has 0 aliphatic heterocycles. The molecule has 3 heterocycles. The molecular weight excluding hydrogens is 264 g/mol. The largest absolute Gasteiger partial charge is 0.337 e. The summed E-state index contributed by atoms with van der Waals surface area (Å²) in [6, 6.07) is 10.1. The molecule has 0 fully saturated rings. The molecule has 21 heavy (non-hydrogen) atoms. The number of aryl methyl sites for hydroxylation is 2. The molecule has 0 aliphatic rings. The Kier molecular flexibility index (Phi) is 2.44. The Morgan fingerprint density at radius 3 is 2.95 bits per heavy atom. The second-order valence-corrected chi connectivity index (χ2v) is 5.05. The zero-order valence-electron chi connectivity index (χ0n) is 11.8. The van der Waals surface area contributed by atoms with Gasteiger partial charge in [0.25, 0.3) is 0 Å². The molecule has 0 amide bonds. The van der Waals surface area contributed by atoms with E-state index >= 15 is 0 Å². The highest BCUT2D eigenvalue weighted by molar-refractivity contribution is 5.92. The number of fused-ring (bicyclic) bond motifs is 2. The lowest BCUT2D eigenvalue weighted by molar-refractivity contribution is 0.774. The number of H-pyrrole nitrogens is 1. The first-order valence-electron chi connectivity index (χ1n) is 6.72. The molecule has 1 aromatic carbocycles. The fourth-order valence-electron chi connectivity index (χ4n) is 2.57. The predicted octanol–water partition coefficient (Wildman–Crippen LogP) is 2.90. The normalized spacial score (nSPS) is 11.3. The van der Waals surface area contributed by atoms with E-state index in [1.165, 1.54) is 0 Å². The summed E-state index contributed by atoms with van der Waals surface area (Å²) in [5.74, 6) is 0.799. The van der Waals surface area contributed by atoms with Crippen LogP contribution >= 0.6 is 0 Å². The van der Waals surface area contributed by atoms with Crippen LogP contribution in [0.1, 0.15) is 5.69 Å². The fraction of sp³-hybridized carbons (Fsp3) is 0.133. The van der Waals surface area contributed by atoms with Gasteiger partial charge in [-0.1, -0.05) is 12.1 Å². The van der Waals surface area contributed by atoms with Gasteiger partial charge in [0.2, 0.25) is 0 Å². The molecular formula is C15H14N6. The Morgan fingerprint density at radius 1 is 1.19 bits per heavy atom. The first kappa shape index (κ1) is 11.9. The summed E-state index contributed by atoms with van der Waals surface area (Å²) in [6.45, 7) is 1.98. The van der Waals surface area contributed by atoms with E-state index in [-0.39, 0.29) is 0 Å². The lowest BCUT2D eigenvalue weighted by Gasteiger charge is -2.03. The molecule has 104 valence electrons. The summed E-state index contributed by atoms with van der Waals surface area (Å²) >= 11 is 0. The maximum atomic E-state index is 4.46. The summed E-state index contributed by atoms with van der Waals surface area (Å²) in [4.78, 5) is 4.46. The first-order chi connectivity index (χ1) is 10.2. The first-order valence-corrected chi connectivity index (χ1v) is 6.72. The van der Waals surface area contributed by atoms with Crippen LogP contribution in [0.25, 0.3) is 21.9 Å². The third kappa shape index (κ3) is 1.84. The van der Waals surface area contributed by atoms with Crippen LogP contribution < -0.4 is 5.32 Å². The molecule has 4 rings (SSSR count). The Balaban J connectivity index is 1.78. The number of benzene rings is 1. The van der Waals surface area contributed by atoms with Crippen molar-refractivity contribution in [3.8, 4) is 0 Å². The van der Waals surface area contributed by atoms with Gasteiger partial charge < -0.3 is 5.32 Å². The highest BCUT2D eigenvalue weighted by Crippen LogP contribution is 2.25. The minimum Gasteiger partial charge on any atom is -0.337 e. The van der Waals surface area contributed by atoms with E-state index in [1.54, 1.807) is 10.9 Å². The Hall–Kier alpha value is -2.89. The number of aromatic nitrogens is 5. The van der Waals surface area contributed by atoms with Crippen molar-refractivity contribution in [2.75, 3.05) is 5.32 Å². The Morgan fingerprint density at radius 2 is 2.05 bits per heavy atom. The van der Waals surface area contributed by atoms with E-state index < -0.39 is 0 Å². The monoisotopic (exact) mass is 278 g/mol. The smallest absolute Gasteiger partial charge is 0.160 e. The van der Waals surface area contributed by atoms with Crippen LogP contribution in [-0.2, 0) is 7.05 Å². The third-order valence-corrected chi connectivity index (χ3v) is 3.60. The van der Waals surface area contributed by atoms with Crippen molar-refractivity contribution in [2.24, 2.45) is 7.05 Å². The van der Waals surface area contributed by atoms with Crippen molar-refractivity contribution in [1.29, 1.82) is 0 Å². The summed E-state index contributed by atoms with van der Waals surface area (Å²) in [5, 5.41) is 17.1. The van der Waals surface area contributed by atoms with Gasteiger partial charge in [0.15, 0.2) is 11.5 Å². The molecule has 4 aromatic rings. The molecule has 3 aromatic heterocycles. The molecule has 0 aliphatic carbocycles. The molecule has 6 nitrogen and oxygen atoms in total. The molecule has 0 unspecified atom stereocenters. The number of rotatable bonds is 2. The lowest BCUT2D eigenvalue weighted by Crippen LogP contribution is -1.94. The van der Waals surface area contributed by atoms with Crippen molar-refractivity contribution in [3.05, 3.63) is 42.2 Å². The van der Waals surface area contributed by atoms with E-state index in [4.69, 9.17) is 0 Å². The maximum Gasteiger partial charge on any atom is 0.160 e. The van der Waals surface area contributed by atoms with Crippen molar-refractivity contribution >= 4 is 33.4 Å². The highest BCUT2D eigenvalue weighted by Gasteiger charge is 2.09. The average Bonchev–Trinajstić information content (AvgIpc) is 3.02. The van der Waals surface area contributed by atoms with E-state index in [0.29, 0.717) is 0 Å². The minimum atomic E-state index is 0.799. The van der Waals surface area contributed by atoms with Crippen LogP contribution in [0.3, 0.4) is 0 Å². The third-order valence-electron chi connectivity index (χ3n) is 3.60. The molecule has 2 N–H and O–H groups in total. The molecule has 0 atom stereocenters. The van der Waals surface area contributed by atoms with Crippen LogP contribution in [0.15, 0.2) is 36.5 Å². The molecule has 0 saturated heterocycles. The Labute approximate surface area is 120 Å². The van der Waals surface area contributed by atoms with E-state index in [0.717, 1.165) is 39.1 Å². The summed E-state index contributed by atoms with van der Waals surface area (Å²) in [5.41, 5.74) is 3.75. The number of hydrogen-bond acceptors (Lipinski definition) is 4. The summed E-state index contributed by atoms with van der Waals surface area (Å²) in [7, 11) is 1.90. The number of aromatic amines is 1. The zero-order valence-corrected chi connectivity index (χ0v) is 11.8. The predicted molar refractivity (Wildman–Crippen MR) is 82.6 cm³/mol. The minimum absolute atomic E-state index is 0.799. The fourth-order valence-corrected chi connectivity index (χ4v) is 2.57. The number of nitrogens with zero attached hydrogens (tertiary/aromatic N) is 4. The number of hydrogen-bond donors (Lipinski definition) is 2. The van der Waals surface area contributed by atoms with E-state index in [9.17, 15) is 0 Å². The van der Waals surface area contributed by atoms with Gasteiger partial charge in [0.1, 0.15) is 0 Å². The van der Waals surface area contributed by atoms with Gasteiger partial charge >= 0.3 is 0 Å². The second-order valence-electron chi connectivity index (χ2n) is 5.05. The van der Waals surface area contributed by atoms with Gasteiger partial charge in [-0.05, 0) is 25.1 Å². The van der Waals surface area contributed by atoms with Crippen molar-refractivity contribution in [3.63, 3.8) is 0 Å². The van der Waals surface area contributed by atoms with Gasteiger partial charge in [0.05, 0.1) is 23.1 Å². The van der Waals surface area contributed by atoms with Gasteiger partial charge in [-0.15, -0.1) is 0 Å². The number of anilines is 2. The SMILES string of the molecule is Cc1nn(C)c2ncc(Nc3n[nH]c4ccccc34)cc12. The van der Waals surface area contributed by atoms with Gasteiger partial charge in [-0.25, -0.2) is 4.98 Å². The van der Waals surface area contributed by atoms with Crippen molar-refractivity contribution < 1.29 is 0 Å². The topological polar surface area (TPSA) is 71.4 Å². The van der Waals surface area contributed by atoms with Crippen LogP contribution in [0.5, 0.6) is 0 Å². The molecule has 0 spiro atoms. The van der Waals surface area contributed by atoms with E-state index in [1.807, 2.05) is 44.3 Å². The lowest BCUT2D eigenvalue weighted by atomic mass is 10.2. The van der Waals surface area contributed by atoms with Crippen LogP contribution in [0, 0.1) is 6.92 Å². The van der Waals surface area contributed by atoms with Crippen molar-refractivity contribution in [2.45, 2.75) is 6.92 Å². The number of para-hydroxylation sites is 1. The maximum absolute atomic E-state index is 4.46. The van der Waals surface area contributed by atoms with Crippen LogP contribution in [0.2, 0.25) is 0 Å². The number of nitrogens with one attached hydrogen (secondary N) is 2. The average molecular weight is 278 g/mol. The van der Waals surface area contributed by atoms with Gasteiger partial charge in [0, 0.05) is 17.8 Å².